The first-order valence-corrected chi connectivity index (χ1v) is 11.6. The molecule has 2 aliphatic rings. The molecule has 2 aromatic carbocycles. The number of nitro groups is 1. The number of nitro benzene ring substituents is 1. The first-order valence-electron chi connectivity index (χ1n) is 11.6. The molecule has 2 heterocycles. The maximum Gasteiger partial charge on any atom is 0.292 e. The largest absolute Gasteiger partial charge is 0.363 e. The molecule has 32 heavy (non-hydrogen) atoms. The molecule has 2 saturated heterocycles. The molecular weight excluding hydrogens is 404 g/mol. The van der Waals surface area contributed by atoms with Crippen molar-refractivity contribution in [3.05, 3.63) is 70.3 Å². The Labute approximate surface area is 189 Å². The van der Waals surface area contributed by atoms with Crippen molar-refractivity contribution in [2.24, 2.45) is 5.92 Å². The number of amides is 1. The van der Waals surface area contributed by atoms with E-state index >= 15 is 0 Å². The maximum absolute atomic E-state index is 13.1. The van der Waals surface area contributed by atoms with Crippen LogP contribution in [-0.4, -0.2) is 65.9 Å². The Bertz CT molecular complexity index is 920. The van der Waals surface area contributed by atoms with Crippen LogP contribution in [0.1, 0.15) is 25.3 Å². The SMILES string of the molecule is CC(C(=O)N1CCC(Cc2ccccc2)CC1)N1CCN(c2ccccc2[N+](=O)[O-])CC1. The fraction of sp³-hybridized carbons (Fsp3) is 0.480. The standard InChI is InChI=1S/C25H32N4O3/c1-20(25(30)28-13-11-22(12-14-28)19-21-7-3-2-4-8-21)26-15-17-27(18-16-26)23-9-5-6-10-24(23)29(31)32/h2-10,20,22H,11-19H2,1H3. The Hall–Kier alpha value is -2.93. The van der Waals surface area contributed by atoms with E-state index in [4.69, 9.17) is 0 Å². The Morgan fingerprint density at radius 2 is 1.59 bits per heavy atom. The molecule has 0 aromatic heterocycles. The van der Waals surface area contributed by atoms with Gasteiger partial charge in [0.1, 0.15) is 5.69 Å². The number of carbonyl (C=O) groups excluding carboxylic acids is 1. The highest BCUT2D eigenvalue weighted by molar-refractivity contribution is 5.81. The molecule has 2 aromatic rings. The van der Waals surface area contributed by atoms with Crippen LogP contribution in [0.4, 0.5) is 11.4 Å². The van der Waals surface area contributed by atoms with Crippen molar-refractivity contribution in [2.45, 2.75) is 32.2 Å². The molecule has 1 unspecified atom stereocenters. The van der Waals surface area contributed by atoms with E-state index in [2.05, 4.69) is 34.1 Å². The van der Waals surface area contributed by atoms with Crippen molar-refractivity contribution >= 4 is 17.3 Å². The number of hydrogen-bond donors (Lipinski definition) is 0. The van der Waals surface area contributed by atoms with Crippen molar-refractivity contribution in [2.75, 3.05) is 44.2 Å². The zero-order valence-electron chi connectivity index (χ0n) is 18.7. The summed E-state index contributed by atoms with van der Waals surface area (Å²) in [7, 11) is 0. The average molecular weight is 437 g/mol. The van der Waals surface area contributed by atoms with Crippen LogP contribution in [0, 0.1) is 16.0 Å². The minimum absolute atomic E-state index is 0.142. The van der Waals surface area contributed by atoms with Gasteiger partial charge < -0.3 is 9.80 Å². The van der Waals surface area contributed by atoms with Crippen LogP contribution in [0.2, 0.25) is 0 Å². The summed E-state index contributed by atoms with van der Waals surface area (Å²) in [5, 5.41) is 11.3. The van der Waals surface area contributed by atoms with Crippen LogP contribution in [-0.2, 0) is 11.2 Å². The van der Waals surface area contributed by atoms with Crippen molar-refractivity contribution < 1.29 is 9.72 Å². The summed E-state index contributed by atoms with van der Waals surface area (Å²) in [5.74, 6) is 0.851. The molecule has 1 amide bonds. The van der Waals surface area contributed by atoms with Gasteiger partial charge in [0.15, 0.2) is 0 Å². The van der Waals surface area contributed by atoms with E-state index in [-0.39, 0.29) is 22.6 Å². The fourth-order valence-electron chi connectivity index (χ4n) is 4.96. The molecule has 0 radical (unpaired) electrons. The van der Waals surface area contributed by atoms with Gasteiger partial charge >= 0.3 is 0 Å². The van der Waals surface area contributed by atoms with E-state index in [1.54, 1.807) is 12.1 Å². The molecule has 1 atom stereocenters. The van der Waals surface area contributed by atoms with Crippen molar-refractivity contribution in [3.8, 4) is 0 Å². The number of piperazine rings is 1. The van der Waals surface area contributed by atoms with Crippen molar-refractivity contribution in [1.82, 2.24) is 9.80 Å². The zero-order chi connectivity index (χ0) is 22.5. The van der Waals surface area contributed by atoms with Crippen LogP contribution in [0.25, 0.3) is 0 Å². The van der Waals surface area contributed by atoms with Gasteiger partial charge in [0.25, 0.3) is 5.69 Å². The number of benzene rings is 2. The first-order chi connectivity index (χ1) is 15.5. The summed E-state index contributed by atoms with van der Waals surface area (Å²) in [5.41, 5.74) is 2.18. The lowest BCUT2D eigenvalue weighted by Crippen LogP contribution is -2.55. The Kier molecular flexibility index (Phi) is 7.05. The predicted octanol–water partition coefficient (Wildman–Crippen LogP) is 3.59. The predicted molar refractivity (Wildman–Crippen MR) is 126 cm³/mol. The zero-order valence-corrected chi connectivity index (χ0v) is 18.7. The van der Waals surface area contributed by atoms with Gasteiger partial charge in [0.05, 0.1) is 11.0 Å². The topological polar surface area (TPSA) is 69.9 Å². The summed E-state index contributed by atoms with van der Waals surface area (Å²) in [6, 6.07) is 17.3. The molecule has 7 heteroatoms. The number of piperidine rings is 1. The van der Waals surface area contributed by atoms with Gasteiger partial charge in [-0.1, -0.05) is 42.5 Å². The number of likely N-dealkylation sites (tertiary alicyclic amines) is 1. The third-order valence-electron chi connectivity index (χ3n) is 6.93. The molecular formula is C25H32N4O3. The summed E-state index contributed by atoms with van der Waals surface area (Å²) in [6.45, 7) is 6.48. The Morgan fingerprint density at radius 3 is 2.25 bits per heavy atom. The molecule has 170 valence electrons. The van der Waals surface area contributed by atoms with E-state index in [1.165, 1.54) is 5.56 Å². The highest BCUT2D eigenvalue weighted by atomic mass is 16.6. The Balaban J connectivity index is 1.27. The monoisotopic (exact) mass is 436 g/mol. The molecule has 0 saturated carbocycles. The molecule has 2 fully saturated rings. The minimum atomic E-state index is -0.324. The van der Waals surface area contributed by atoms with Crippen LogP contribution in [0.3, 0.4) is 0 Å². The van der Waals surface area contributed by atoms with Gasteiger partial charge in [-0.2, -0.15) is 0 Å². The van der Waals surface area contributed by atoms with Gasteiger partial charge in [0, 0.05) is 45.3 Å². The molecule has 2 aliphatic heterocycles. The summed E-state index contributed by atoms with van der Waals surface area (Å²) in [4.78, 5) is 30.5. The van der Waals surface area contributed by atoms with E-state index in [1.807, 2.05) is 30.0 Å². The number of rotatable bonds is 6. The maximum atomic E-state index is 13.1. The van der Waals surface area contributed by atoms with Crippen LogP contribution < -0.4 is 4.90 Å². The summed E-state index contributed by atoms with van der Waals surface area (Å²) >= 11 is 0. The lowest BCUT2D eigenvalue weighted by atomic mass is 9.90. The highest BCUT2D eigenvalue weighted by Gasteiger charge is 2.32. The van der Waals surface area contributed by atoms with Crippen molar-refractivity contribution in [3.63, 3.8) is 0 Å². The van der Waals surface area contributed by atoms with E-state index in [0.717, 1.165) is 45.4 Å². The smallest absolute Gasteiger partial charge is 0.292 e. The lowest BCUT2D eigenvalue weighted by molar-refractivity contribution is -0.384. The minimum Gasteiger partial charge on any atom is -0.363 e. The lowest BCUT2D eigenvalue weighted by Gasteiger charge is -2.41. The van der Waals surface area contributed by atoms with E-state index in [0.29, 0.717) is 24.7 Å². The summed E-state index contributed by atoms with van der Waals surface area (Å²) < 4.78 is 0. The molecule has 4 rings (SSSR count). The van der Waals surface area contributed by atoms with Crippen molar-refractivity contribution in [1.29, 1.82) is 0 Å². The van der Waals surface area contributed by atoms with Gasteiger partial charge in [-0.15, -0.1) is 0 Å². The number of hydrogen-bond acceptors (Lipinski definition) is 5. The number of para-hydroxylation sites is 2. The van der Waals surface area contributed by atoms with Crippen LogP contribution in [0.15, 0.2) is 54.6 Å². The Morgan fingerprint density at radius 1 is 0.969 bits per heavy atom. The van der Waals surface area contributed by atoms with Gasteiger partial charge in [-0.05, 0) is 43.7 Å². The third kappa shape index (κ3) is 5.10. The number of nitrogens with zero attached hydrogens (tertiary/aromatic N) is 4. The molecule has 0 N–H and O–H groups in total. The van der Waals surface area contributed by atoms with Gasteiger partial charge in [-0.25, -0.2) is 0 Å². The molecule has 0 aliphatic carbocycles. The summed E-state index contributed by atoms with van der Waals surface area (Å²) in [6.07, 6.45) is 3.20. The number of carbonyl (C=O) groups is 1. The molecule has 0 bridgehead atoms. The fourth-order valence-corrected chi connectivity index (χ4v) is 4.96. The molecule has 0 spiro atoms. The quantitative estimate of drug-likeness (QED) is 0.511. The van der Waals surface area contributed by atoms with Crippen LogP contribution >= 0.6 is 0 Å². The second kappa shape index (κ2) is 10.1. The van der Waals surface area contributed by atoms with E-state index < -0.39 is 0 Å². The highest BCUT2D eigenvalue weighted by Crippen LogP contribution is 2.29. The third-order valence-corrected chi connectivity index (χ3v) is 6.93. The van der Waals surface area contributed by atoms with Gasteiger partial charge in [0.2, 0.25) is 5.91 Å². The second-order valence-electron chi connectivity index (χ2n) is 8.90. The van der Waals surface area contributed by atoms with Crippen LogP contribution in [0.5, 0.6) is 0 Å². The molecule has 7 nitrogen and oxygen atoms in total. The number of anilines is 1. The normalized spacial score (nSPS) is 19.0. The second-order valence-corrected chi connectivity index (χ2v) is 8.90. The van der Waals surface area contributed by atoms with E-state index in [9.17, 15) is 14.9 Å². The average Bonchev–Trinajstić information content (AvgIpc) is 2.84. The van der Waals surface area contributed by atoms with Gasteiger partial charge in [-0.3, -0.25) is 19.8 Å². The first kappa shape index (κ1) is 22.3.